The van der Waals surface area contributed by atoms with E-state index in [1.165, 1.54) is 0 Å². The zero-order valence-electron chi connectivity index (χ0n) is 10.3. The van der Waals surface area contributed by atoms with Gasteiger partial charge in [0.2, 0.25) is 0 Å². The summed E-state index contributed by atoms with van der Waals surface area (Å²) >= 11 is 0. The van der Waals surface area contributed by atoms with Crippen molar-refractivity contribution in [3.05, 3.63) is 41.6 Å². The van der Waals surface area contributed by atoms with Crippen LogP contribution in [0, 0.1) is 0 Å². The lowest BCUT2D eigenvalue weighted by Crippen LogP contribution is -2.11. The average Bonchev–Trinajstić information content (AvgIpc) is 2.27. The molecule has 0 spiro atoms. The lowest BCUT2D eigenvalue weighted by atomic mass is 10.1. The lowest BCUT2D eigenvalue weighted by Gasteiger charge is -2.09. The van der Waals surface area contributed by atoms with Crippen molar-refractivity contribution in [2.75, 3.05) is 14.1 Å². The Morgan fingerprint density at radius 1 is 1.28 bits per heavy atom. The van der Waals surface area contributed by atoms with Gasteiger partial charge in [-0.25, -0.2) is 4.79 Å². The van der Waals surface area contributed by atoms with Crippen molar-refractivity contribution in [3.8, 4) is 0 Å². The van der Waals surface area contributed by atoms with Gasteiger partial charge < -0.3 is 10.0 Å². The summed E-state index contributed by atoms with van der Waals surface area (Å²) < 4.78 is 0. The summed E-state index contributed by atoms with van der Waals surface area (Å²) in [6, 6.07) is 8.81. The number of hydrogen-bond donors (Lipinski definition) is 1. The molecule has 2 aromatic rings. The SMILES string of the molecule is CN(C)Cc1ccc2cc(C(=O)O)ccc2n1.Cl. The summed E-state index contributed by atoms with van der Waals surface area (Å²) in [6.07, 6.45) is 0. The molecule has 96 valence electrons. The van der Waals surface area contributed by atoms with E-state index in [1.807, 2.05) is 31.1 Å². The summed E-state index contributed by atoms with van der Waals surface area (Å²) in [5, 5.41) is 9.74. The van der Waals surface area contributed by atoms with Gasteiger partial charge in [-0.1, -0.05) is 6.07 Å². The van der Waals surface area contributed by atoms with Crippen LogP contribution in [0.3, 0.4) is 0 Å². The first-order valence-corrected chi connectivity index (χ1v) is 5.34. The fourth-order valence-corrected chi connectivity index (χ4v) is 1.71. The Bertz CT molecular complexity index is 570. The quantitative estimate of drug-likeness (QED) is 0.927. The third kappa shape index (κ3) is 3.18. The van der Waals surface area contributed by atoms with Crippen molar-refractivity contribution in [1.29, 1.82) is 0 Å². The first kappa shape index (κ1) is 14.4. The van der Waals surface area contributed by atoms with Gasteiger partial charge in [0.15, 0.2) is 0 Å². The van der Waals surface area contributed by atoms with Gasteiger partial charge in [0, 0.05) is 11.9 Å². The molecule has 0 unspecified atom stereocenters. The number of aromatic nitrogens is 1. The number of carboxylic acids is 1. The van der Waals surface area contributed by atoms with Gasteiger partial charge >= 0.3 is 5.97 Å². The summed E-state index contributed by atoms with van der Waals surface area (Å²) in [4.78, 5) is 17.4. The minimum Gasteiger partial charge on any atom is -0.478 e. The van der Waals surface area contributed by atoms with Crippen LogP contribution in [0.25, 0.3) is 10.9 Å². The van der Waals surface area contributed by atoms with Crippen molar-refractivity contribution in [3.63, 3.8) is 0 Å². The minimum absolute atomic E-state index is 0. The molecular formula is C13H15ClN2O2. The molecule has 1 aromatic heterocycles. The van der Waals surface area contributed by atoms with E-state index in [9.17, 15) is 4.79 Å². The lowest BCUT2D eigenvalue weighted by molar-refractivity contribution is 0.0697. The molecule has 0 fully saturated rings. The van der Waals surface area contributed by atoms with Crippen LogP contribution >= 0.6 is 12.4 Å². The minimum atomic E-state index is -0.913. The van der Waals surface area contributed by atoms with E-state index < -0.39 is 5.97 Å². The molecule has 0 aliphatic rings. The highest BCUT2D eigenvalue weighted by Gasteiger charge is 2.05. The molecule has 4 nitrogen and oxygen atoms in total. The van der Waals surface area contributed by atoms with Crippen LogP contribution < -0.4 is 0 Å². The molecule has 0 radical (unpaired) electrons. The van der Waals surface area contributed by atoms with Crippen LogP contribution in [0.4, 0.5) is 0 Å². The second-order valence-corrected chi connectivity index (χ2v) is 4.25. The normalized spacial score (nSPS) is 10.4. The van der Waals surface area contributed by atoms with Crippen LogP contribution in [0.1, 0.15) is 16.1 Å². The Morgan fingerprint density at radius 2 is 2.00 bits per heavy atom. The number of nitrogens with zero attached hydrogens (tertiary/aromatic N) is 2. The number of carbonyl (C=O) groups is 1. The molecular weight excluding hydrogens is 252 g/mol. The molecule has 0 saturated carbocycles. The van der Waals surface area contributed by atoms with Crippen molar-refractivity contribution in [1.82, 2.24) is 9.88 Å². The zero-order chi connectivity index (χ0) is 12.4. The smallest absolute Gasteiger partial charge is 0.335 e. The predicted octanol–water partition coefficient (Wildman–Crippen LogP) is 2.42. The highest BCUT2D eigenvalue weighted by molar-refractivity contribution is 5.93. The zero-order valence-corrected chi connectivity index (χ0v) is 11.1. The van der Waals surface area contributed by atoms with Crippen LogP contribution in [-0.4, -0.2) is 35.1 Å². The maximum Gasteiger partial charge on any atom is 0.335 e. The van der Waals surface area contributed by atoms with Crippen molar-refractivity contribution in [2.24, 2.45) is 0 Å². The first-order chi connectivity index (χ1) is 8.06. The monoisotopic (exact) mass is 266 g/mol. The number of fused-ring (bicyclic) bond motifs is 1. The number of halogens is 1. The van der Waals surface area contributed by atoms with Crippen molar-refractivity contribution in [2.45, 2.75) is 6.54 Å². The largest absolute Gasteiger partial charge is 0.478 e. The summed E-state index contributed by atoms with van der Waals surface area (Å²) in [5.74, 6) is -0.913. The van der Waals surface area contributed by atoms with Gasteiger partial charge in [-0.2, -0.15) is 0 Å². The molecule has 0 saturated heterocycles. The number of carboxylic acid groups (broad SMARTS) is 1. The van der Waals surface area contributed by atoms with E-state index in [0.717, 1.165) is 23.1 Å². The van der Waals surface area contributed by atoms with Crippen LogP contribution in [0.2, 0.25) is 0 Å². The summed E-state index contributed by atoms with van der Waals surface area (Å²) in [7, 11) is 3.97. The Balaban J connectivity index is 0.00000162. The molecule has 0 atom stereocenters. The Kier molecular flexibility index (Phi) is 4.64. The Labute approximate surface area is 112 Å². The summed E-state index contributed by atoms with van der Waals surface area (Å²) in [5.41, 5.74) is 2.10. The number of hydrogen-bond acceptors (Lipinski definition) is 3. The molecule has 1 N–H and O–H groups in total. The topological polar surface area (TPSA) is 53.4 Å². The second kappa shape index (κ2) is 5.80. The van der Waals surface area contributed by atoms with Crippen LogP contribution in [0.15, 0.2) is 30.3 Å². The van der Waals surface area contributed by atoms with Crippen LogP contribution in [-0.2, 0) is 6.54 Å². The van der Waals surface area contributed by atoms with Gasteiger partial charge in [-0.15, -0.1) is 12.4 Å². The Morgan fingerprint density at radius 3 is 2.61 bits per heavy atom. The molecule has 18 heavy (non-hydrogen) atoms. The number of benzene rings is 1. The van der Waals surface area contributed by atoms with E-state index in [2.05, 4.69) is 4.98 Å². The number of rotatable bonds is 3. The van der Waals surface area contributed by atoms with E-state index in [-0.39, 0.29) is 12.4 Å². The van der Waals surface area contributed by atoms with E-state index in [4.69, 9.17) is 5.11 Å². The summed E-state index contributed by atoms with van der Waals surface area (Å²) in [6.45, 7) is 0.774. The fourth-order valence-electron chi connectivity index (χ4n) is 1.71. The molecule has 5 heteroatoms. The average molecular weight is 267 g/mol. The van der Waals surface area contributed by atoms with Gasteiger partial charge in [0.1, 0.15) is 0 Å². The van der Waals surface area contributed by atoms with Gasteiger partial charge in [0.25, 0.3) is 0 Å². The first-order valence-electron chi connectivity index (χ1n) is 5.34. The molecule has 2 rings (SSSR count). The van der Waals surface area contributed by atoms with Crippen molar-refractivity contribution < 1.29 is 9.90 Å². The maximum absolute atomic E-state index is 10.8. The molecule has 0 bridgehead atoms. The molecule has 0 amide bonds. The van der Waals surface area contributed by atoms with Gasteiger partial charge in [0.05, 0.1) is 16.8 Å². The number of aromatic carboxylic acids is 1. The maximum atomic E-state index is 10.8. The fraction of sp³-hybridized carbons (Fsp3) is 0.231. The second-order valence-electron chi connectivity index (χ2n) is 4.25. The molecule has 0 aliphatic carbocycles. The van der Waals surface area contributed by atoms with Gasteiger partial charge in [-0.3, -0.25) is 4.98 Å². The van der Waals surface area contributed by atoms with Crippen LogP contribution in [0.5, 0.6) is 0 Å². The highest BCUT2D eigenvalue weighted by atomic mass is 35.5. The highest BCUT2D eigenvalue weighted by Crippen LogP contribution is 2.15. The molecule has 1 heterocycles. The Hall–Kier alpha value is -1.65. The molecule has 1 aromatic carbocycles. The van der Waals surface area contributed by atoms with Crippen molar-refractivity contribution >= 4 is 29.3 Å². The standard InChI is InChI=1S/C13H14N2O2.ClH/c1-15(2)8-11-5-3-9-7-10(13(16)17)4-6-12(9)14-11;/h3-7H,8H2,1-2H3,(H,16,17);1H. The third-order valence-corrected chi connectivity index (χ3v) is 2.47. The number of pyridine rings is 1. The van der Waals surface area contributed by atoms with E-state index in [0.29, 0.717) is 5.56 Å². The van der Waals surface area contributed by atoms with Gasteiger partial charge in [-0.05, 0) is 38.4 Å². The van der Waals surface area contributed by atoms with E-state index >= 15 is 0 Å². The van der Waals surface area contributed by atoms with E-state index in [1.54, 1.807) is 18.2 Å². The predicted molar refractivity (Wildman–Crippen MR) is 73.3 cm³/mol. The third-order valence-electron chi connectivity index (χ3n) is 2.47. The molecule has 0 aliphatic heterocycles.